The molecule has 0 saturated heterocycles. The zero-order chi connectivity index (χ0) is 14.6. The lowest BCUT2D eigenvalue weighted by molar-refractivity contribution is 0.410. The zero-order valence-electron chi connectivity index (χ0n) is 12.8. The fraction of sp³-hybridized carbons (Fsp3) is 0.562. The summed E-state index contributed by atoms with van der Waals surface area (Å²) in [5.41, 5.74) is 4.61. The molecular formula is C16H24N2O. The highest BCUT2D eigenvalue weighted by Gasteiger charge is 2.16. The normalized spacial score (nSPS) is 11.2. The predicted octanol–water partition coefficient (Wildman–Crippen LogP) is 3.05. The Labute approximate surface area is 116 Å². The van der Waals surface area contributed by atoms with Gasteiger partial charge in [-0.2, -0.15) is 5.26 Å². The maximum Gasteiger partial charge on any atom is 0.122 e. The third-order valence-electron chi connectivity index (χ3n) is 3.65. The Hall–Kier alpha value is -1.53. The standard InChI is InChI=1S/C16H24N2O/c1-11-9-15(19-6)13(3)12(2)14(11)7-8-18-16(4,5)10-17/h9,18H,7-8H2,1-6H3. The van der Waals surface area contributed by atoms with E-state index in [2.05, 4.69) is 38.2 Å². The Bertz CT molecular complexity index is 498. The van der Waals surface area contributed by atoms with Crippen LogP contribution in [0.15, 0.2) is 6.07 Å². The van der Waals surface area contributed by atoms with Crippen LogP contribution in [-0.2, 0) is 6.42 Å². The largest absolute Gasteiger partial charge is 0.496 e. The molecule has 0 aromatic heterocycles. The highest BCUT2D eigenvalue weighted by molar-refractivity contribution is 5.48. The molecule has 0 aliphatic rings. The van der Waals surface area contributed by atoms with Crippen LogP contribution in [0.4, 0.5) is 0 Å². The van der Waals surface area contributed by atoms with Crippen LogP contribution in [0.2, 0.25) is 0 Å². The Morgan fingerprint density at radius 2 is 1.89 bits per heavy atom. The van der Waals surface area contributed by atoms with Gasteiger partial charge in [-0.3, -0.25) is 5.32 Å². The number of hydrogen-bond acceptors (Lipinski definition) is 3. The quantitative estimate of drug-likeness (QED) is 0.885. The number of benzene rings is 1. The van der Waals surface area contributed by atoms with E-state index in [-0.39, 0.29) is 0 Å². The second-order valence-electron chi connectivity index (χ2n) is 5.54. The summed E-state index contributed by atoms with van der Waals surface area (Å²) in [6, 6.07) is 4.35. The first-order valence-electron chi connectivity index (χ1n) is 6.62. The molecule has 0 atom stereocenters. The fourth-order valence-corrected chi connectivity index (χ4v) is 2.24. The van der Waals surface area contributed by atoms with E-state index in [4.69, 9.17) is 10.00 Å². The molecule has 0 fully saturated rings. The highest BCUT2D eigenvalue weighted by Crippen LogP contribution is 2.27. The number of nitrogens with one attached hydrogen (secondary N) is 1. The van der Waals surface area contributed by atoms with Crippen LogP contribution < -0.4 is 10.1 Å². The summed E-state index contributed by atoms with van der Waals surface area (Å²) in [4.78, 5) is 0. The van der Waals surface area contributed by atoms with E-state index in [9.17, 15) is 0 Å². The number of ether oxygens (including phenoxy) is 1. The van der Waals surface area contributed by atoms with Gasteiger partial charge in [0, 0.05) is 6.54 Å². The van der Waals surface area contributed by atoms with Crippen LogP contribution in [0.25, 0.3) is 0 Å². The van der Waals surface area contributed by atoms with Crippen molar-refractivity contribution in [3.63, 3.8) is 0 Å². The van der Waals surface area contributed by atoms with Crippen LogP contribution in [0.5, 0.6) is 5.75 Å². The average Bonchev–Trinajstić information content (AvgIpc) is 2.37. The second-order valence-corrected chi connectivity index (χ2v) is 5.54. The smallest absolute Gasteiger partial charge is 0.122 e. The Morgan fingerprint density at radius 3 is 2.42 bits per heavy atom. The van der Waals surface area contributed by atoms with Crippen molar-refractivity contribution in [1.82, 2.24) is 5.32 Å². The van der Waals surface area contributed by atoms with Crippen molar-refractivity contribution in [3.8, 4) is 11.8 Å². The van der Waals surface area contributed by atoms with Gasteiger partial charge in [0.25, 0.3) is 0 Å². The molecule has 1 aromatic carbocycles. The van der Waals surface area contributed by atoms with Crippen LogP contribution in [0.1, 0.15) is 36.1 Å². The van der Waals surface area contributed by atoms with Gasteiger partial charge in [0.2, 0.25) is 0 Å². The lowest BCUT2D eigenvalue weighted by Gasteiger charge is -2.20. The highest BCUT2D eigenvalue weighted by atomic mass is 16.5. The fourth-order valence-electron chi connectivity index (χ4n) is 2.24. The molecule has 104 valence electrons. The van der Waals surface area contributed by atoms with Gasteiger partial charge in [0.05, 0.1) is 13.2 Å². The average molecular weight is 260 g/mol. The molecule has 0 saturated carbocycles. The van der Waals surface area contributed by atoms with E-state index >= 15 is 0 Å². The van der Waals surface area contributed by atoms with E-state index in [0.717, 1.165) is 18.7 Å². The number of hydrogen-bond donors (Lipinski definition) is 1. The minimum absolute atomic E-state index is 0.469. The van der Waals surface area contributed by atoms with Gasteiger partial charge in [-0.25, -0.2) is 0 Å². The topological polar surface area (TPSA) is 45.0 Å². The molecule has 3 nitrogen and oxygen atoms in total. The van der Waals surface area contributed by atoms with Gasteiger partial charge >= 0.3 is 0 Å². The van der Waals surface area contributed by atoms with E-state index in [0.29, 0.717) is 0 Å². The van der Waals surface area contributed by atoms with Crippen molar-refractivity contribution < 1.29 is 4.74 Å². The summed E-state index contributed by atoms with van der Waals surface area (Å²) in [5.74, 6) is 0.948. The van der Waals surface area contributed by atoms with Gasteiger partial charge in [0.1, 0.15) is 11.3 Å². The van der Waals surface area contributed by atoms with E-state index in [1.807, 2.05) is 13.8 Å². The summed E-state index contributed by atoms with van der Waals surface area (Å²) in [7, 11) is 1.71. The summed E-state index contributed by atoms with van der Waals surface area (Å²) < 4.78 is 5.38. The van der Waals surface area contributed by atoms with Crippen molar-refractivity contribution in [2.75, 3.05) is 13.7 Å². The molecule has 1 aromatic rings. The van der Waals surface area contributed by atoms with Crippen LogP contribution in [0.3, 0.4) is 0 Å². The molecule has 0 heterocycles. The zero-order valence-corrected chi connectivity index (χ0v) is 12.8. The second kappa shape index (κ2) is 6.08. The Morgan fingerprint density at radius 1 is 1.26 bits per heavy atom. The van der Waals surface area contributed by atoms with Gasteiger partial charge in [-0.1, -0.05) is 0 Å². The summed E-state index contributed by atoms with van der Waals surface area (Å²) >= 11 is 0. The number of methoxy groups -OCH3 is 1. The molecule has 0 amide bonds. The first-order chi connectivity index (χ1) is 8.82. The summed E-state index contributed by atoms with van der Waals surface area (Å²) in [5, 5.41) is 12.3. The van der Waals surface area contributed by atoms with Gasteiger partial charge in [0.15, 0.2) is 0 Å². The lowest BCUT2D eigenvalue weighted by atomic mass is 9.95. The van der Waals surface area contributed by atoms with Gasteiger partial charge in [-0.05, 0) is 69.4 Å². The van der Waals surface area contributed by atoms with Crippen molar-refractivity contribution in [2.45, 2.75) is 46.6 Å². The molecular weight excluding hydrogens is 236 g/mol. The van der Waals surface area contributed by atoms with Crippen molar-refractivity contribution in [2.24, 2.45) is 0 Å². The van der Waals surface area contributed by atoms with Gasteiger partial charge in [-0.15, -0.1) is 0 Å². The molecule has 1 rings (SSSR count). The van der Waals surface area contributed by atoms with Crippen LogP contribution in [-0.4, -0.2) is 19.2 Å². The molecule has 0 aliphatic heterocycles. The first-order valence-corrected chi connectivity index (χ1v) is 6.62. The monoisotopic (exact) mass is 260 g/mol. The van der Waals surface area contributed by atoms with Crippen molar-refractivity contribution in [3.05, 3.63) is 28.3 Å². The molecule has 0 aliphatic carbocycles. The third-order valence-corrected chi connectivity index (χ3v) is 3.65. The SMILES string of the molecule is COc1cc(C)c(CCNC(C)(C)C#N)c(C)c1C. The number of nitrogens with zero attached hydrogens (tertiary/aromatic N) is 1. The van der Waals surface area contributed by atoms with E-state index < -0.39 is 5.54 Å². The van der Waals surface area contributed by atoms with Crippen LogP contribution in [0, 0.1) is 32.1 Å². The Balaban J connectivity index is 2.86. The van der Waals surface area contributed by atoms with Crippen molar-refractivity contribution in [1.29, 1.82) is 5.26 Å². The molecule has 0 bridgehead atoms. The molecule has 19 heavy (non-hydrogen) atoms. The maximum absolute atomic E-state index is 8.98. The van der Waals surface area contributed by atoms with E-state index in [1.165, 1.54) is 22.3 Å². The first kappa shape index (κ1) is 15.5. The number of aryl methyl sites for hydroxylation is 1. The molecule has 1 N–H and O–H groups in total. The van der Waals surface area contributed by atoms with Crippen molar-refractivity contribution >= 4 is 0 Å². The van der Waals surface area contributed by atoms with Crippen LogP contribution >= 0.6 is 0 Å². The predicted molar refractivity (Wildman–Crippen MR) is 78.6 cm³/mol. The summed E-state index contributed by atoms with van der Waals surface area (Å²) in [6.45, 7) is 10.9. The minimum atomic E-state index is -0.469. The summed E-state index contributed by atoms with van der Waals surface area (Å²) in [6.07, 6.45) is 0.924. The minimum Gasteiger partial charge on any atom is -0.496 e. The molecule has 0 spiro atoms. The molecule has 0 radical (unpaired) electrons. The molecule has 0 unspecified atom stereocenters. The Kier molecular flexibility index (Phi) is 4.97. The third kappa shape index (κ3) is 3.71. The lowest BCUT2D eigenvalue weighted by Crippen LogP contribution is -2.38. The van der Waals surface area contributed by atoms with E-state index in [1.54, 1.807) is 7.11 Å². The maximum atomic E-state index is 8.98. The number of nitriles is 1. The number of rotatable bonds is 5. The van der Waals surface area contributed by atoms with Gasteiger partial charge < -0.3 is 4.74 Å². The molecule has 3 heteroatoms.